The lowest BCUT2D eigenvalue weighted by Crippen LogP contribution is -2.08. The van der Waals surface area contributed by atoms with Crippen molar-refractivity contribution >= 4 is 0 Å². The van der Waals surface area contributed by atoms with Crippen LogP contribution in [0.15, 0.2) is 24.9 Å². The molecule has 0 bridgehead atoms. The van der Waals surface area contributed by atoms with Gasteiger partial charge < -0.3 is 10.7 Å². The van der Waals surface area contributed by atoms with Crippen molar-refractivity contribution in [1.82, 2.24) is 4.98 Å². The molecule has 3 N–H and O–H groups in total. The summed E-state index contributed by atoms with van der Waals surface area (Å²) >= 11 is 0. The quantitative estimate of drug-likeness (QED) is 0.598. The molecule has 3 heteroatoms. The van der Waals surface area contributed by atoms with Crippen molar-refractivity contribution in [3.05, 3.63) is 36.4 Å². The third-order valence-corrected chi connectivity index (χ3v) is 1.31. The van der Waals surface area contributed by atoms with E-state index in [-0.39, 0.29) is 5.82 Å². The van der Waals surface area contributed by atoms with E-state index in [2.05, 4.69) is 11.6 Å². The van der Waals surface area contributed by atoms with Gasteiger partial charge in [-0.2, -0.15) is 0 Å². The van der Waals surface area contributed by atoms with Crippen LogP contribution in [0.1, 0.15) is 11.7 Å². The predicted molar refractivity (Wildman–Crippen MR) is 37.9 cm³/mol. The van der Waals surface area contributed by atoms with E-state index in [1.807, 2.05) is 0 Å². The molecule has 54 valence electrons. The third kappa shape index (κ3) is 1.09. The molecule has 0 amide bonds. The number of aromatic amines is 1. The van der Waals surface area contributed by atoms with Crippen LogP contribution in [-0.4, -0.2) is 4.98 Å². The Morgan fingerprint density at radius 1 is 1.80 bits per heavy atom. The maximum absolute atomic E-state index is 12.6. The SMILES string of the molecule is C=C[C@@H](N)c1[nH]ccc1F. The molecule has 0 fully saturated rings. The molecule has 0 aromatic carbocycles. The van der Waals surface area contributed by atoms with Crippen molar-refractivity contribution in [1.29, 1.82) is 0 Å². The minimum Gasteiger partial charge on any atom is -0.361 e. The highest BCUT2D eigenvalue weighted by atomic mass is 19.1. The van der Waals surface area contributed by atoms with Gasteiger partial charge in [0.25, 0.3) is 0 Å². The second-order valence-electron chi connectivity index (χ2n) is 2.00. The zero-order valence-electron chi connectivity index (χ0n) is 5.47. The van der Waals surface area contributed by atoms with Gasteiger partial charge in [-0.15, -0.1) is 6.58 Å². The van der Waals surface area contributed by atoms with Crippen LogP contribution in [0.2, 0.25) is 0 Å². The van der Waals surface area contributed by atoms with Crippen LogP contribution in [0.3, 0.4) is 0 Å². The molecular formula is C7H9FN2. The molecule has 0 saturated heterocycles. The van der Waals surface area contributed by atoms with E-state index in [1.54, 1.807) is 0 Å². The molecule has 0 aliphatic carbocycles. The van der Waals surface area contributed by atoms with Crippen LogP contribution in [0.4, 0.5) is 4.39 Å². The minimum atomic E-state index is -0.435. The lowest BCUT2D eigenvalue weighted by atomic mass is 10.2. The Labute approximate surface area is 58.6 Å². The lowest BCUT2D eigenvalue weighted by Gasteiger charge is -2.01. The fraction of sp³-hybridized carbons (Fsp3) is 0.143. The average molecular weight is 140 g/mol. The van der Waals surface area contributed by atoms with E-state index < -0.39 is 6.04 Å². The first kappa shape index (κ1) is 7.02. The van der Waals surface area contributed by atoms with E-state index in [9.17, 15) is 4.39 Å². The van der Waals surface area contributed by atoms with Crippen LogP contribution >= 0.6 is 0 Å². The summed E-state index contributed by atoms with van der Waals surface area (Å²) in [5.74, 6) is -0.313. The van der Waals surface area contributed by atoms with Gasteiger partial charge in [-0.3, -0.25) is 0 Å². The van der Waals surface area contributed by atoms with Crippen molar-refractivity contribution in [2.45, 2.75) is 6.04 Å². The van der Waals surface area contributed by atoms with Crippen LogP contribution in [0.25, 0.3) is 0 Å². The van der Waals surface area contributed by atoms with E-state index in [0.717, 1.165) is 0 Å². The van der Waals surface area contributed by atoms with Crippen molar-refractivity contribution in [3.8, 4) is 0 Å². The number of hydrogen-bond acceptors (Lipinski definition) is 1. The van der Waals surface area contributed by atoms with Gasteiger partial charge in [0, 0.05) is 6.20 Å². The van der Waals surface area contributed by atoms with Crippen LogP contribution in [0, 0.1) is 5.82 Å². The topological polar surface area (TPSA) is 41.8 Å². The van der Waals surface area contributed by atoms with Gasteiger partial charge in [0.05, 0.1) is 11.7 Å². The van der Waals surface area contributed by atoms with E-state index in [4.69, 9.17) is 5.73 Å². The van der Waals surface area contributed by atoms with E-state index in [0.29, 0.717) is 5.69 Å². The largest absolute Gasteiger partial charge is 0.361 e. The first-order valence-electron chi connectivity index (χ1n) is 2.96. The van der Waals surface area contributed by atoms with Gasteiger partial charge in [-0.25, -0.2) is 4.39 Å². The second-order valence-corrected chi connectivity index (χ2v) is 2.00. The van der Waals surface area contributed by atoms with Crippen molar-refractivity contribution in [2.24, 2.45) is 5.73 Å². The van der Waals surface area contributed by atoms with Crippen LogP contribution < -0.4 is 5.73 Å². The smallest absolute Gasteiger partial charge is 0.145 e. The average Bonchev–Trinajstić information content (AvgIpc) is 2.34. The zero-order valence-corrected chi connectivity index (χ0v) is 5.47. The van der Waals surface area contributed by atoms with E-state index in [1.165, 1.54) is 18.3 Å². The molecule has 1 rings (SSSR count). The molecule has 0 aliphatic heterocycles. The Kier molecular flexibility index (Phi) is 1.87. The fourth-order valence-electron chi connectivity index (χ4n) is 0.737. The summed E-state index contributed by atoms with van der Waals surface area (Å²) in [5.41, 5.74) is 5.83. The molecular weight excluding hydrogens is 131 g/mol. The van der Waals surface area contributed by atoms with Gasteiger partial charge >= 0.3 is 0 Å². The highest BCUT2D eigenvalue weighted by Crippen LogP contribution is 2.12. The van der Waals surface area contributed by atoms with E-state index >= 15 is 0 Å². The standard InChI is InChI=1S/C7H9FN2/c1-2-6(9)7-5(8)3-4-10-7/h2-4,6,10H,1,9H2/t6-/m1/s1. The monoisotopic (exact) mass is 140 g/mol. The molecule has 0 aliphatic rings. The summed E-state index contributed by atoms with van der Waals surface area (Å²) in [4.78, 5) is 2.68. The highest BCUT2D eigenvalue weighted by Gasteiger charge is 2.07. The summed E-state index contributed by atoms with van der Waals surface area (Å²) in [6, 6.07) is 0.897. The second kappa shape index (κ2) is 2.66. The number of rotatable bonds is 2. The number of halogens is 1. The van der Waals surface area contributed by atoms with Gasteiger partial charge in [0.15, 0.2) is 0 Å². The third-order valence-electron chi connectivity index (χ3n) is 1.31. The Hall–Kier alpha value is -1.09. The number of H-pyrrole nitrogens is 1. The van der Waals surface area contributed by atoms with Crippen molar-refractivity contribution < 1.29 is 4.39 Å². The molecule has 0 saturated carbocycles. The van der Waals surface area contributed by atoms with Crippen molar-refractivity contribution in [2.75, 3.05) is 0 Å². The van der Waals surface area contributed by atoms with Crippen molar-refractivity contribution in [3.63, 3.8) is 0 Å². The number of hydrogen-bond donors (Lipinski definition) is 2. The first-order chi connectivity index (χ1) is 4.75. The molecule has 1 atom stereocenters. The Balaban J connectivity index is 2.92. The number of aromatic nitrogens is 1. The van der Waals surface area contributed by atoms with Gasteiger partial charge in [0.2, 0.25) is 0 Å². The maximum atomic E-state index is 12.6. The molecule has 1 aromatic heterocycles. The Morgan fingerprint density at radius 3 is 2.90 bits per heavy atom. The first-order valence-corrected chi connectivity index (χ1v) is 2.96. The normalized spacial score (nSPS) is 13.0. The fourth-order valence-corrected chi connectivity index (χ4v) is 0.737. The van der Waals surface area contributed by atoms with Gasteiger partial charge in [-0.05, 0) is 6.07 Å². The van der Waals surface area contributed by atoms with Gasteiger partial charge in [-0.1, -0.05) is 6.08 Å². The lowest BCUT2D eigenvalue weighted by molar-refractivity contribution is 0.601. The molecule has 10 heavy (non-hydrogen) atoms. The molecule has 2 nitrogen and oxygen atoms in total. The van der Waals surface area contributed by atoms with Crippen LogP contribution in [0.5, 0.6) is 0 Å². The maximum Gasteiger partial charge on any atom is 0.145 e. The van der Waals surface area contributed by atoms with Crippen LogP contribution in [-0.2, 0) is 0 Å². The Bertz CT molecular complexity index is 229. The summed E-state index contributed by atoms with van der Waals surface area (Å²) < 4.78 is 12.6. The molecule has 0 unspecified atom stereocenters. The molecule has 1 aromatic rings. The number of nitrogens with one attached hydrogen (secondary N) is 1. The zero-order chi connectivity index (χ0) is 7.56. The Morgan fingerprint density at radius 2 is 2.50 bits per heavy atom. The summed E-state index contributed by atoms with van der Waals surface area (Å²) in [6.45, 7) is 3.45. The molecule has 0 spiro atoms. The summed E-state index contributed by atoms with van der Waals surface area (Å²) in [6.07, 6.45) is 2.99. The highest BCUT2D eigenvalue weighted by molar-refractivity contribution is 5.15. The molecule has 1 heterocycles. The summed E-state index contributed by atoms with van der Waals surface area (Å²) in [7, 11) is 0. The number of nitrogens with two attached hydrogens (primary N) is 1. The summed E-state index contributed by atoms with van der Waals surface area (Å²) in [5, 5.41) is 0. The predicted octanol–water partition coefficient (Wildman–Crippen LogP) is 1.34. The minimum absolute atomic E-state index is 0.313. The molecule has 0 radical (unpaired) electrons. The van der Waals surface area contributed by atoms with Gasteiger partial charge in [0.1, 0.15) is 5.82 Å².